The molecule has 0 saturated carbocycles. The second kappa shape index (κ2) is 6.43. The number of sulfonamides is 1. The monoisotopic (exact) mass is 317 g/mol. The van der Waals surface area contributed by atoms with E-state index < -0.39 is 10.0 Å². The van der Waals surface area contributed by atoms with Gasteiger partial charge in [-0.1, -0.05) is 17.7 Å². The first kappa shape index (κ1) is 15.8. The molecule has 0 bridgehead atoms. The molecule has 4 nitrogen and oxygen atoms in total. The average molecular weight is 318 g/mol. The zero-order valence-corrected chi connectivity index (χ0v) is 13.4. The summed E-state index contributed by atoms with van der Waals surface area (Å²) in [5.41, 5.74) is 0.725. The maximum Gasteiger partial charge on any atom is 0.243 e. The fourth-order valence-electron chi connectivity index (χ4n) is 2.61. The Morgan fingerprint density at radius 1 is 1.45 bits per heavy atom. The lowest BCUT2D eigenvalue weighted by atomic mass is 10.0. The standard InChI is InChI=1S/C14H20ClNO3S/c1-11-5-6-13(15)8-14(11)20(17,18)16-7-3-4-12(9-16)10-19-2/h5-6,8,12H,3-4,7,9-10H2,1-2H3. The van der Waals surface area contributed by atoms with Gasteiger partial charge in [-0.15, -0.1) is 0 Å². The first-order chi connectivity index (χ1) is 9.45. The van der Waals surface area contributed by atoms with Gasteiger partial charge in [0.2, 0.25) is 10.0 Å². The van der Waals surface area contributed by atoms with E-state index in [0.29, 0.717) is 29.6 Å². The highest BCUT2D eigenvalue weighted by molar-refractivity contribution is 7.89. The van der Waals surface area contributed by atoms with Crippen LogP contribution < -0.4 is 0 Å². The van der Waals surface area contributed by atoms with Gasteiger partial charge in [0, 0.05) is 25.2 Å². The molecule has 0 amide bonds. The summed E-state index contributed by atoms with van der Waals surface area (Å²) in [6.07, 6.45) is 1.88. The Bertz CT molecular complexity index is 572. The van der Waals surface area contributed by atoms with Crippen molar-refractivity contribution in [1.29, 1.82) is 0 Å². The number of benzene rings is 1. The van der Waals surface area contributed by atoms with E-state index in [1.54, 1.807) is 30.5 Å². The smallest absolute Gasteiger partial charge is 0.243 e. The van der Waals surface area contributed by atoms with Gasteiger partial charge in [-0.25, -0.2) is 8.42 Å². The highest BCUT2D eigenvalue weighted by atomic mass is 35.5. The number of halogens is 1. The number of ether oxygens (including phenoxy) is 1. The van der Waals surface area contributed by atoms with E-state index in [1.165, 1.54) is 6.07 Å². The Morgan fingerprint density at radius 3 is 2.90 bits per heavy atom. The second-order valence-corrected chi connectivity index (χ2v) is 7.58. The molecule has 1 aromatic rings. The quantitative estimate of drug-likeness (QED) is 0.857. The van der Waals surface area contributed by atoms with Gasteiger partial charge in [-0.3, -0.25) is 0 Å². The largest absolute Gasteiger partial charge is 0.384 e. The van der Waals surface area contributed by atoms with Crippen LogP contribution >= 0.6 is 11.6 Å². The van der Waals surface area contributed by atoms with Gasteiger partial charge in [0.05, 0.1) is 11.5 Å². The molecule has 1 fully saturated rings. The summed E-state index contributed by atoms with van der Waals surface area (Å²) in [6, 6.07) is 4.98. The van der Waals surface area contributed by atoms with E-state index in [-0.39, 0.29) is 5.92 Å². The highest BCUT2D eigenvalue weighted by Gasteiger charge is 2.31. The summed E-state index contributed by atoms with van der Waals surface area (Å²) in [4.78, 5) is 0.308. The number of hydrogen-bond donors (Lipinski definition) is 0. The predicted molar refractivity (Wildman–Crippen MR) is 79.5 cm³/mol. The molecule has 1 heterocycles. The highest BCUT2D eigenvalue weighted by Crippen LogP contribution is 2.27. The molecule has 1 aliphatic rings. The molecule has 1 aromatic carbocycles. The lowest BCUT2D eigenvalue weighted by Crippen LogP contribution is -2.41. The molecule has 0 spiro atoms. The molecule has 0 N–H and O–H groups in total. The molecule has 6 heteroatoms. The number of nitrogens with zero attached hydrogens (tertiary/aromatic N) is 1. The van der Waals surface area contributed by atoms with Gasteiger partial charge in [0.15, 0.2) is 0 Å². The van der Waals surface area contributed by atoms with E-state index in [4.69, 9.17) is 16.3 Å². The lowest BCUT2D eigenvalue weighted by molar-refractivity contribution is 0.118. The van der Waals surface area contributed by atoms with Crippen LogP contribution in [0, 0.1) is 12.8 Å². The number of aryl methyl sites for hydroxylation is 1. The van der Waals surface area contributed by atoms with Crippen molar-refractivity contribution < 1.29 is 13.2 Å². The van der Waals surface area contributed by atoms with Crippen LogP contribution in [0.25, 0.3) is 0 Å². The number of hydrogen-bond acceptors (Lipinski definition) is 3. The third kappa shape index (κ3) is 3.34. The summed E-state index contributed by atoms with van der Waals surface area (Å²) >= 11 is 5.94. The van der Waals surface area contributed by atoms with Crippen LogP contribution in [-0.2, 0) is 14.8 Å². The Hall–Kier alpha value is -0.620. The number of methoxy groups -OCH3 is 1. The molecule has 112 valence electrons. The van der Waals surface area contributed by atoms with Crippen LogP contribution in [0.1, 0.15) is 18.4 Å². The van der Waals surface area contributed by atoms with Crippen molar-refractivity contribution in [1.82, 2.24) is 4.31 Å². The summed E-state index contributed by atoms with van der Waals surface area (Å²) in [6.45, 7) is 3.47. The normalized spacial score (nSPS) is 21.1. The maximum absolute atomic E-state index is 12.7. The van der Waals surface area contributed by atoms with Gasteiger partial charge in [0.1, 0.15) is 0 Å². The van der Waals surface area contributed by atoms with E-state index >= 15 is 0 Å². The molecule has 0 radical (unpaired) electrons. The van der Waals surface area contributed by atoms with Gasteiger partial charge in [-0.05, 0) is 43.4 Å². The average Bonchev–Trinajstić information content (AvgIpc) is 2.42. The van der Waals surface area contributed by atoms with E-state index in [1.807, 2.05) is 0 Å². The van der Waals surface area contributed by atoms with Gasteiger partial charge in [-0.2, -0.15) is 4.31 Å². The Balaban J connectivity index is 2.27. The third-order valence-electron chi connectivity index (χ3n) is 3.65. The third-order valence-corrected chi connectivity index (χ3v) is 5.89. The van der Waals surface area contributed by atoms with Gasteiger partial charge in [0.25, 0.3) is 0 Å². The fraction of sp³-hybridized carbons (Fsp3) is 0.571. The summed E-state index contributed by atoms with van der Waals surface area (Å²) < 4.78 is 32.2. The molecular formula is C14H20ClNO3S. The van der Waals surface area contributed by atoms with Crippen LogP contribution in [0.2, 0.25) is 5.02 Å². The van der Waals surface area contributed by atoms with Crippen molar-refractivity contribution >= 4 is 21.6 Å². The minimum Gasteiger partial charge on any atom is -0.384 e. The maximum atomic E-state index is 12.7. The molecule has 20 heavy (non-hydrogen) atoms. The summed E-state index contributed by atoms with van der Waals surface area (Å²) in [5.74, 6) is 0.267. The van der Waals surface area contributed by atoms with Crippen molar-refractivity contribution in [2.45, 2.75) is 24.7 Å². The molecule has 1 saturated heterocycles. The van der Waals surface area contributed by atoms with Crippen molar-refractivity contribution in [3.8, 4) is 0 Å². The Morgan fingerprint density at radius 2 is 2.20 bits per heavy atom. The zero-order chi connectivity index (χ0) is 14.8. The van der Waals surface area contributed by atoms with Crippen molar-refractivity contribution in [2.75, 3.05) is 26.8 Å². The van der Waals surface area contributed by atoms with E-state index in [0.717, 1.165) is 18.4 Å². The number of piperidine rings is 1. The van der Waals surface area contributed by atoms with Crippen LogP contribution in [0.4, 0.5) is 0 Å². The molecule has 1 atom stereocenters. The second-order valence-electron chi connectivity index (χ2n) is 5.24. The van der Waals surface area contributed by atoms with Gasteiger partial charge >= 0.3 is 0 Å². The van der Waals surface area contributed by atoms with Crippen molar-refractivity contribution in [3.05, 3.63) is 28.8 Å². The number of rotatable bonds is 4. The molecule has 1 unspecified atom stereocenters. The Kier molecular flexibility index (Phi) is 5.07. The predicted octanol–water partition coefficient (Wildman–Crippen LogP) is 2.70. The van der Waals surface area contributed by atoms with Crippen molar-refractivity contribution in [3.63, 3.8) is 0 Å². The molecule has 2 rings (SSSR count). The SMILES string of the molecule is COCC1CCCN(S(=O)(=O)c2cc(Cl)ccc2C)C1. The topological polar surface area (TPSA) is 46.6 Å². The fourth-order valence-corrected chi connectivity index (χ4v) is 4.65. The molecule has 1 aliphatic heterocycles. The lowest BCUT2D eigenvalue weighted by Gasteiger charge is -2.31. The molecule has 0 aromatic heterocycles. The molecular weight excluding hydrogens is 298 g/mol. The van der Waals surface area contributed by atoms with Crippen LogP contribution in [-0.4, -0.2) is 39.5 Å². The minimum atomic E-state index is -3.47. The van der Waals surface area contributed by atoms with Gasteiger partial charge < -0.3 is 4.74 Å². The van der Waals surface area contributed by atoms with Crippen LogP contribution in [0.15, 0.2) is 23.1 Å². The summed E-state index contributed by atoms with van der Waals surface area (Å²) in [5, 5.41) is 0.444. The Labute approximate surface area is 125 Å². The van der Waals surface area contributed by atoms with Crippen LogP contribution in [0.5, 0.6) is 0 Å². The molecule has 0 aliphatic carbocycles. The van der Waals surface area contributed by atoms with E-state index in [9.17, 15) is 8.42 Å². The first-order valence-electron chi connectivity index (χ1n) is 6.70. The first-order valence-corrected chi connectivity index (χ1v) is 8.52. The summed E-state index contributed by atoms with van der Waals surface area (Å²) in [7, 11) is -1.83. The van der Waals surface area contributed by atoms with Crippen molar-refractivity contribution in [2.24, 2.45) is 5.92 Å². The van der Waals surface area contributed by atoms with E-state index in [2.05, 4.69) is 0 Å². The minimum absolute atomic E-state index is 0.267. The van der Waals surface area contributed by atoms with Crippen LogP contribution in [0.3, 0.4) is 0 Å². The zero-order valence-electron chi connectivity index (χ0n) is 11.8.